The van der Waals surface area contributed by atoms with E-state index in [1.807, 2.05) is 6.92 Å². The Morgan fingerprint density at radius 1 is 1.38 bits per heavy atom. The van der Waals surface area contributed by atoms with E-state index < -0.39 is 5.91 Å². The normalized spacial score (nSPS) is 10.3. The van der Waals surface area contributed by atoms with Crippen LogP contribution in [-0.4, -0.2) is 21.6 Å². The van der Waals surface area contributed by atoms with Crippen molar-refractivity contribution < 1.29 is 9.59 Å². The predicted molar refractivity (Wildman–Crippen MR) is 79.6 cm³/mol. The molecule has 1 aromatic heterocycles. The van der Waals surface area contributed by atoms with Crippen LogP contribution in [0.5, 0.6) is 0 Å². The monoisotopic (exact) mass is 287 g/mol. The second-order valence-corrected chi connectivity index (χ2v) is 4.73. The van der Waals surface area contributed by atoms with E-state index in [1.165, 1.54) is 17.1 Å². The average molecular weight is 287 g/mol. The van der Waals surface area contributed by atoms with Crippen LogP contribution in [0.4, 0.5) is 11.4 Å². The van der Waals surface area contributed by atoms with Crippen LogP contribution in [0.15, 0.2) is 30.6 Å². The van der Waals surface area contributed by atoms with Crippen LogP contribution >= 0.6 is 0 Å². The van der Waals surface area contributed by atoms with E-state index in [4.69, 9.17) is 11.5 Å². The van der Waals surface area contributed by atoms with Crippen LogP contribution in [0.3, 0.4) is 0 Å². The second-order valence-electron chi connectivity index (χ2n) is 4.73. The maximum atomic E-state index is 11.9. The largest absolute Gasteiger partial charge is 0.399 e. The first kappa shape index (κ1) is 14.6. The Morgan fingerprint density at radius 2 is 2.14 bits per heavy atom. The molecule has 2 aromatic rings. The summed E-state index contributed by atoms with van der Waals surface area (Å²) in [5.74, 6) is -0.679. The molecule has 0 aliphatic heterocycles. The molecule has 0 saturated carbocycles. The van der Waals surface area contributed by atoms with Gasteiger partial charge in [-0.2, -0.15) is 5.10 Å². The summed E-state index contributed by atoms with van der Waals surface area (Å²) in [5.41, 5.74) is 13.4. The fraction of sp³-hybridized carbons (Fsp3) is 0.214. The number of carbonyl (C=O) groups excluding carboxylic acids is 2. The van der Waals surface area contributed by atoms with E-state index in [-0.39, 0.29) is 12.3 Å². The highest BCUT2D eigenvalue weighted by atomic mass is 16.2. The van der Waals surface area contributed by atoms with Gasteiger partial charge in [-0.3, -0.25) is 14.3 Å². The van der Waals surface area contributed by atoms with Crippen molar-refractivity contribution in [1.29, 1.82) is 0 Å². The molecule has 0 saturated heterocycles. The Bertz CT molecular complexity index is 678. The predicted octanol–water partition coefficient (Wildman–Crippen LogP) is 0.901. The highest BCUT2D eigenvalue weighted by Gasteiger charge is 2.08. The van der Waals surface area contributed by atoms with Crippen molar-refractivity contribution in [3.63, 3.8) is 0 Å². The molecule has 0 fully saturated rings. The lowest BCUT2D eigenvalue weighted by Crippen LogP contribution is -2.15. The smallest absolute Gasteiger partial charge is 0.251 e. The van der Waals surface area contributed by atoms with E-state index in [0.29, 0.717) is 17.8 Å². The number of nitrogen functional groups attached to an aromatic ring is 1. The lowest BCUT2D eigenvalue weighted by Gasteiger charge is -2.09. The van der Waals surface area contributed by atoms with Crippen LogP contribution in [0.25, 0.3) is 0 Å². The SMILES string of the molecule is Cc1cc(N)ccc1NC(=O)CCn1cc(C(N)=O)cn1. The lowest BCUT2D eigenvalue weighted by atomic mass is 10.2. The van der Waals surface area contributed by atoms with E-state index in [9.17, 15) is 9.59 Å². The summed E-state index contributed by atoms with van der Waals surface area (Å²) in [6.45, 7) is 2.24. The molecule has 0 atom stereocenters. The third kappa shape index (κ3) is 3.82. The van der Waals surface area contributed by atoms with Crippen LogP contribution in [0.1, 0.15) is 22.3 Å². The van der Waals surface area contributed by atoms with Crippen molar-refractivity contribution in [3.8, 4) is 0 Å². The van der Waals surface area contributed by atoms with Crippen LogP contribution < -0.4 is 16.8 Å². The molecule has 2 rings (SSSR count). The number of aryl methyl sites for hydroxylation is 2. The molecule has 0 bridgehead atoms. The fourth-order valence-electron chi connectivity index (χ4n) is 1.87. The molecule has 1 aromatic carbocycles. The van der Waals surface area contributed by atoms with E-state index in [0.717, 1.165) is 11.3 Å². The number of anilines is 2. The number of aromatic nitrogens is 2. The van der Waals surface area contributed by atoms with Crippen molar-refractivity contribution in [2.75, 3.05) is 11.1 Å². The third-order valence-electron chi connectivity index (χ3n) is 3.01. The van der Waals surface area contributed by atoms with Crippen LogP contribution in [0.2, 0.25) is 0 Å². The van der Waals surface area contributed by atoms with Gasteiger partial charge in [-0.15, -0.1) is 0 Å². The molecular formula is C14H17N5O2. The molecule has 110 valence electrons. The van der Waals surface area contributed by atoms with Crippen LogP contribution in [0, 0.1) is 6.92 Å². The molecule has 0 radical (unpaired) electrons. The fourth-order valence-corrected chi connectivity index (χ4v) is 1.87. The summed E-state index contributed by atoms with van der Waals surface area (Å²) < 4.78 is 1.51. The van der Waals surface area contributed by atoms with Gasteiger partial charge in [-0.05, 0) is 30.7 Å². The molecule has 7 nitrogen and oxygen atoms in total. The topological polar surface area (TPSA) is 116 Å². The summed E-state index contributed by atoms with van der Waals surface area (Å²) in [5, 5.41) is 6.77. The molecule has 1 heterocycles. The second kappa shape index (κ2) is 6.08. The van der Waals surface area contributed by atoms with Crippen molar-refractivity contribution >= 4 is 23.2 Å². The van der Waals surface area contributed by atoms with Gasteiger partial charge in [0.25, 0.3) is 5.91 Å². The molecule has 0 aliphatic rings. The van der Waals surface area contributed by atoms with Gasteiger partial charge in [0, 0.05) is 30.5 Å². The maximum absolute atomic E-state index is 11.9. The average Bonchev–Trinajstić information content (AvgIpc) is 2.89. The van der Waals surface area contributed by atoms with Crippen molar-refractivity contribution in [1.82, 2.24) is 9.78 Å². The summed E-state index contributed by atoms with van der Waals surface area (Å²) in [7, 11) is 0. The Labute approximate surface area is 121 Å². The minimum Gasteiger partial charge on any atom is -0.399 e. The Balaban J connectivity index is 1.91. The summed E-state index contributed by atoms with van der Waals surface area (Å²) in [6.07, 6.45) is 3.14. The van der Waals surface area contributed by atoms with Gasteiger partial charge in [0.05, 0.1) is 11.8 Å². The summed E-state index contributed by atoms with van der Waals surface area (Å²) >= 11 is 0. The minimum absolute atomic E-state index is 0.140. The molecular weight excluding hydrogens is 270 g/mol. The Morgan fingerprint density at radius 3 is 2.76 bits per heavy atom. The zero-order valence-electron chi connectivity index (χ0n) is 11.7. The number of hydrogen-bond donors (Lipinski definition) is 3. The molecule has 0 aliphatic carbocycles. The van der Waals surface area contributed by atoms with Gasteiger partial charge in [-0.1, -0.05) is 0 Å². The molecule has 0 unspecified atom stereocenters. The molecule has 5 N–H and O–H groups in total. The zero-order valence-corrected chi connectivity index (χ0v) is 11.7. The quantitative estimate of drug-likeness (QED) is 0.708. The zero-order chi connectivity index (χ0) is 15.4. The van der Waals surface area contributed by atoms with E-state index in [1.54, 1.807) is 18.2 Å². The van der Waals surface area contributed by atoms with E-state index >= 15 is 0 Å². The number of amides is 2. The lowest BCUT2D eigenvalue weighted by molar-refractivity contribution is -0.116. The van der Waals surface area contributed by atoms with Crippen LogP contribution in [-0.2, 0) is 11.3 Å². The number of hydrogen-bond acceptors (Lipinski definition) is 4. The van der Waals surface area contributed by atoms with E-state index in [2.05, 4.69) is 10.4 Å². The first-order chi connectivity index (χ1) is 9.95. The molecule has 2 amide bonds. The minimum atomic E-state index is -0.539. The van der Waals surface area contributed by atoms with Crippen molar-refractivity contribution in [2.24, 2.45) is 5.73 Å². The van der Waals surface area contributed by atoms with Crippen molar-refractivity contribution in [3.05, 3.63) is 41.7 Å². The van der Waals surface area contributed by atoms with Gasteiger partial charge in [0.15, 0.2) is 0 Å². The van der Waals surface area contributed by atoms with Gasteiger partial charge in [0.1, 0.15) is 0 Å². The Hall–Kier alpha value is -2.83. The molecule has 21 heavy (non-hydrogen) atoms. The number of nitrogens with one attached hydrogen (secondary N) is 1. The number of carbonyl (C=O) groups is 2. The standard InChI is InChI=1S/C14H17N5O2/c1-9-6-11(15)2-3-12(9)18-13(20)4-5-19-8-10(7-17-19)14(16)21/h2-3,6-8H,4-5,15H2,1H3,(H2,16,21)(H,18,20). The highest BCUT2D eigenvalue weighted by molar-refractivity contribution is 5.92. The number of nitrogens with two attached hydrogens (primary N) is 2. The number of nitrogens with zero attached hydrogens (tertiary/aromatic N) is 2. The van der Waals surface area contributed by atoms with Gasteiger partial charge >= 0.3 is 0 Å². The van der Waals surface area contributed by atoms with Gasteiger partial charge in [0.2, 0.25) is 5.91 Å². The van der Waals surface area contributed by atoms with Gasteiger partial charge < -0.3 is 16.8 Å². The van der Waals surface area contributed by atoms with Crippen molar-refractivity contribution in [2.45, 2.75) is 19.9 Å². The van der Waals surface area contributed by atoms with Gasteiger partial charge in [-0.25, -0.2) is 0 Å². The molecule has 7 heteroatoms. The third-order valence-corrected chi connectivity index (χ3v) is 3.01. The maximum Gasteiger partial charge on any atom is 0.251 e. The first-order valence-corrected chi connectivity index (χ1v) is 6.44. The number of primary amides is 1. The number of rotatable bonds is 5. The summed E-state index contributed by atoms with van der Waals surface area (Å²) in [6, 6.07) is 5.29. The molecule has 0 spiro atoms. The number of benzene rings is 1. The highest BCUT2D eigenvalue weighted by Crippen LogP contribution is 2.17. The summed E-state index contributed by atoms with van der Waals surface area (Å²) in [4.78, 5) is 22.8. The Kier molecular flexibility index (Phi) is 4.22. The first-order valence-electron chi connectivity index (χ1n) is 6.44.